The highest BCUT2D eigenvalue weighted by molar-refractivity contribution is 7.80. The molecular weight excluding hydrogens is 242 g/mol. The quantitative estimate of drug-likeness (QED) is 0.601. The van der Waals surface area contributed by atoms with Gasteiger partial charge in [-0.1, -0.05) is 36.0 Å². The Hall–Kier alpha value is -0.640. The van der Waals surface area contributed by atoms with Gasteiger partial charge in [0.25, 0.3) is 0 Å². The zero-order valence-electron chi connectivity index (χ0n) is 9.12. The van der Waals surface area contributed by atoms with E-state index in [2.05, 4.69) is 0 Å². The third-order valence-corrected chi connectivity index (χ3v) is 2.56. The van der Waals surface area contributed by atoms with Gasteiger partial charge in [-0.25, -0.2) is 0 Å². The Morgan fingerprint density at radius 3 is 2.88 bits per heavy atom. The molecule has 0 fully saturated rings. The van der Waals surface area contributed by atoms with Crippen molar-refractivity contribution < 1.29 is 4.74 Å². The minimum atomic E-state index is 0.579. The van der Waals surface area contributed by atoms with Crippen LogP contribution in [0.2, 0.25) is 5.02 Å². The molecule has 0 heterocycles. The summed E-state index contributed by atoms with van der Waals surface area (Å²) in [7, 11) is 0. The molecule has 0 aromatic heterocycles. The van der Waals surface area contributed by atoms with Crippen LogP contribution in [0.1, 0.15) is 24.8 Å². The molecule has 0 unspecified atom stereocenters. The zero-order chi connectivity index (χ0) is 11.8. The fourth-order valence-corrected chi connectivity index (χ4v) is 1.68. The van der Waals surface area contributed by atoms with Crippen LogP contribution in [0, 0.1) is 0 Å². The van der Waals surface area contributed by atoms with Gasteiger partial charge in [0, 0.05) is 11.6 Å². The Bertz CT molecular complexity index is 344. The lowest BCUT2D eigenvalue weighted by Crippen LogP contribution is -2.07. The van der Waals surface area contributed by atoms with Crippen molar-refractivity contribution >= 4 is 28.8 Å². The van der Waals surface area contributed by atoms with Crippen LogP contribution in [0.15, 0.2) is 24.3 Å². The van der Waals surface area contributed by atoms with E-state index in [-0.39, 0.29) is 0 Å². The van der Waals surface area contributed by atoms with E-state index < -0.39 is 0 Å². The number of hydrogen-bond donors (Lipinski definition) is 1. The smallest absolute Gasteiger partial charge is 0.0727 e. The maximum atomic E-state index is 5.86. The summed E-state index contributed by atoms with van der Waals surface area (Å²) in [6.45, 7) is 1.34. The number of nitrogens with two attached hydrogens (primary N) is 1. The topological polar surface area (TPSA) is 35.2 Å². The van der Waals surface area contributed by atoms with Crippen LogP contribution in [-0.2, 0) is 11.3 Å². The lowest BCUT2D eigenvalue weighted by atomic mass is 10.2. The molecule has 2 nitrogen and oxygen atoms in total. The van der Waals surface area contributed by atoms with Gasteiger partial charge < -0.3 is 10.5 Å². The van der Waals surface area contributed by atoms with E-state index in [0.717, 1.165) is 36.5 Å². The molecule has 0 radical (unpaired) electrons. The van der Waals surface area contributed by atoms with Gasteiger partial charge in [-0.05, 0) is 37.0 Å². The summed E-state index contributed by atoms with van der Waals surface area (Å²) in [5, 5.41) is 0.745. The highest BCUT2D eigenvalue weighted by atomic mass is 35.5. The molecule has 0 spiro atoms. The van der Waals surface area contributed by atoms with E-state index >= 15 is 0 Å². The molecule has 0 aliphatic heterocycles. The average molecular weight is 258 g/mol. The number of rotatable bonds is 7. The van der Waals surface area contributed by atoms with Gasteiger partial charge in [-0.3, -0.25) is 0 Å². The molecular formula is C12H16ClNOS. The molecule has 88 valence electrons. The lowest BCUT2D eigenvalue weighted by Gasteiger charge is -2.04. The molecule has 4 heteroatoms. The summed E-state index contributed by atoms with van der Waals surface area (Å²) in [5.74, 6) is 0. The second kappa shape index (κ2) is 7.60. The second-order valence-electron chi connectivity index (χ2n) is 3.61. The average Bonchev–Trinajstić information content (AvgIpc) is 2.23. The largest absolute Gasteiger partial charge is 0.393 e. The first kappa shape index (κ1) is 13.4. The monoisotopic (exact) mass is 257 g/mol. The minimum Gasteiger partial charge on any atom is -0.393 e. The Balaban J connectivity index is 2.09. The molecule has 0 aliphatic rings. The molecule has 1 rings (SSSR count). The molecule has 0 amide bonds. The molecule has 0 aliphatic carbocycles. The predicted molar refractivity (Wildman–Crippen MR) is 71.7 cm³/mol. The maximum absolute atomic E-state index is 5.86. The van der Waals surface area contributed by atoms with Gasteiger partial charge >= 0.3 is 0 Å². The van der Waals surface area contributed by atoms with Crippen molar-refractivity contribution in [3.8, 4) is 0 Å². The minimum absolute atomic E-state index is 0.579. The van der Waals surface area contributed by atoms with Crippen molar-refractivity contribution in [3.05, 3.63) is 34.9 Å². The van der Waals surface area contributed by atoms with Crippen LogP contribution in [-0.4, -0.2) is 11.6 Å². The van der Waals surface area contributed by atoms with Gasteiger partial charge in [-0.2, -0.15) is 0 Å². The van der Waals surface area contributed by atoms with Gasteiger partial charge in [0.2, 0.25) is 0 Å². The second-order valence-corrected chi connectivity index (χ2v) is 4.57. The predicted octanol–water partition coefficient (Wildman–Crippen LogP) is 3.31. The van der Waals surface area contributed by atoms with Crippen LogP contribution >= 0.6 is 23.8 Å². The van der Waals surface area contributed by atoms with E-state index in [1.54, 1.807) is 0 Å². The first-order valence-electron chi connectivity index (χ1n) is 5.29. The number of ether oxygens (including phenoxy) is 1. The van der Waals surface area contributed by atoms with Gasteiger partial charge in [0.1, 0.15) is 0 Å². The number of benzene rings is 1. The molecule has 0 atom stereocenters. The number of halogens is 1. The van der Waals surface area contributed by atoms with Gasteiger partial charge in [0.15, 0.2) is 0 Å². The van der Waals surface area contributed by atoms with Crippen LogP contribution < -0.4 is 5.73 Å². The molecule has 0 bridgehead atoms. The summed E-state index contributed by atoms with van der Waals surface area (Å²) >= 11 is 10.6. The van der Waals surface area contributed by atoms with Gasteiger partial charge in [-0.15, -0.1) is 0 Å². The molecule has 16 heavy (non-hydrogen) atoms. The van der Waals surface area contributed by atoms with Crippen molar-refractivity contribution in [1.29, 1.82) is 0 Å². The maximum Gasteiger partial charge on any atom is 0.0727 e. The Kier molecular flexibility index (Phi) is 6.38. The van der Waals surface area contributed by atoms with Gasteiger partial charge in [0.05, 0.1) is 11.6 Å². The van der Waals surface area contributed by atoms with E-state index in [1.807, 2.05) is 24.3 Å². The van der Waals surface area contributed by atoms with Crippen LogP contribution in [0.5, 0.6) is 0 Å². The highest BCUT2D eigenvalue weighted by Crippen LogP contribution is 2.11. The molecule has 0 saturated carbocycles. The number of hydrogen-bond acceptors (Lipinski definition) is 2. The van der Waals surface area contributed by atoms with E-state index in [1.165, 1.54) is 0 Å². The molecule has 1 aromatic rings. The Morgan fingerprint density at radius 2 is 2.19 bits per heavy atom. The van der Waals surface area contributed by atoms with Crippen molar-refractivity contribution in [3.63, 3.8) is 0 Å². The van der Waals surface area contributed by atoms with E-state index in [9.17, 15) is 0 Å². The first-order valence-corrected chi connectivity index (χ1v) is 6.07. The normalized spacial score (nSPS) is 10.3. The number of thiocarbonyl (C=S) groups is 1. The summed E-state index contributed by atoms with van der Waals surface area (Å²) in [6.07, 6.45) is 2.78. The number of unbranched alkanes of at least 4 members (excludes halogenated alkanes) is 1. The third-order valence-electron chi connectivity index (χ3n) is 2.12. The molecule has 2 N–H and O–H groups in total. The Labute approximate surface area is 107 Å². The SMILES string of the molecule is NC(=S)CCCCOCc1cccc(Cl)c1. The molecule has 1 aromatic carbocycles. The summed E-state index contributed by atoms with van der Waals surface area (Å²) in [4.78, 5) is 0.579. The van der Waals surface area contributed by atoms with Crippen molar-refractivity contribution in [2.24, 2.45) is 5.73 Å². The standard InChI is InChI=1S/C12H16ClNOS/c13-11-5-3-4-10(8-11)9-15-7-2-1-6-12(14)16/h3-5,8H,1-2,6-7,9H2,(H2,14,16). The van der Waals surface area contributed by atoms with E-state index in [4.69, 9.17) is 34.3 Å². The van der Waals surface area contributed by atoms with E-state index in [0.29, 0.717) is 11.6 Å². The Morgan fingerprint density at radius 1 is 1.38 bits per heavy atom. The van der Waals surface area contributed by atoms with Crippen LogP contribution in [0.3, 0.4) is 0 Å². The highest BCUT2D eigenvalue weighted by Gasteiger charge is 1.95. The first-order chi connectivity index (χ1) is 7.68. The van der Waals surface area contributed by atoms with Crippen LogP contribution in [0.25, 0.3) is 0 Å². The fourth-order valence-electron chi connectivity index (χ4n) is 1.32. The lowest BCUT2D eigenvalue weighted by molar-refractivity contribution is 0.117. The van der Waals surface area contributed by atoms with Crippen molar-refractivity contribution in [1.82, 2.24) is 0 Å². The summed E-state index contributed by atoms with van der Waals surface area (Å²) < 4.78 is 5.51. The summed E-state index contributed by atoms with van der Waals surface area (Å²) in [6, 6.07) is 7.69. The fraction of sp³-hybridized carbons (Fsp3) is 0.417. The van der Waals surface area contributed by atoms with Crippen LogP contribution in [0.4, 0.5) is 0 Å². The van der Waals surface area contributed by atoms with Crippen molar-refractivity contribution in [2.45, 2.75) is 25.9 Å². The third kappa shape index (κ3) is 6.05. The summed E-state index contributed by atoms with van der Waals surface area (Å²) in [5.41, 5.74) is 6.49. The molecule has 0 saturated heterocycles. The zero-order valence-corrected chi connectivity index (χ0v) is 10.7. The van der Waals surface area contributed by atoms with Crippen molar-refractivity contribution in [2.75, 3.05) is 6.61 Å².